The van der Waals surface area contributed by atoms with Crippen molar-refractivity contribution in [2.45, 2.75) is 26.1 Å². The van der Waals surface area contributed by atoms with Crippen molar-refractivity contribution in [2.24, 2.45) is 5.92 Å². The van der Waals surface area contributed by atoms with Gasteiger partial charge in [0.05, 0.1) is 13.2 Å². The molecule has 0 saturated carbocycles. The Bertz CT molecular complexity index is 353. The van der Waals surface area contributed by atoms with E-state index in [0.29, 0.717) is 5.92 Å². The van der Waals surface area contributed by atoms with Crippen molar-refractivity contribution in [3.05, 3.63) is 34.3 Å². The van der Waals surface area contributed by atoms with Crippen LogP contribution < -0.4 is 0 Å². The highest BCUT2D eigenvalue weighted by molar-refractivity contribution is 9.10. The molecule has 0 aliphatic carbocycles. The number of halogens is 1. The van der Waals surface area contributed by atoms with Crippen LogP contribution in [0.3, 0.4) is 0 Å². The SMILES string of the molecule is CC1(C)OCC(Cc2cccc(Br)c2)CO1. The summed E-state index contributed by atoms with van der Waals surface area (Å²) in [7, 11) is 0. The van der Waals surface area contributed by atoms with Crippen molar-refractivity contribution in [3.63, 3.8) is 0 Å². The van der Waals surface area contributed by atoms with E-state index in [-0.39, 0.29) is 0 Å². The van der Waals surface area contributed by atoms with Crippen molar-refractivity contribution in [3.8, 4) is 0 Å². The quantitative estimate of drug-likeness (QED) is 0.829. The maximum absolute atomic E-state index is 5.65. The molecule has 3 heteroatoms. The van der Waals surface area contributed by atoms with Gasteiger partial charge in [0.15, 0.2) is 5.79 Å². The summed E-state index contributed by atoms with van der Waals surface area (Å²) in [6.45, 7) is 5.48. The van der Waals surface area contributed by atoms with Crippen molar-refractivity contribution in [1.82, 2.24) is 0 Å². The smallest absolute Gasteiger partial charge is 0.162 e. The van der Waals surface area contributed by atoms with Gasteiger partial charge in [-0.3, -0.25) is 0 Å². The van der Waals surface area contributed by atoms with E-state index in [0.717, 1.165) is 24.1 Å². The van der Waals surface area contributed by atoms with E-state index in [2.05, 4.69) is 34.1 Å². The van der Waals surface area contributed by atoms with E-state index in [9.17, 15) is 0 Å². The fourth-order valence-electron chi connectivity index (χ4n) is 1.84. The molecule has 1 aromatic rings. The summed E-state index contributed by atoms with van der Waals surface area (Å²) in [5.74, 6) is 0.0515. The van der Waals surface area contributed by atoms with Crippen LogP contribution in [0.25, 0.3) is 0 Å². The molecule has 1 aliphatic rings. The predicted molar refractivity (Wildman–Crippen MR) is 67.3 cm³/mol. The second kappa shape index (κ2) is 4.86. The summed E-state index contributed by atoms with van der Waals surface area (Å²) in [4.78, 5) is 0. The Morgan fingerprint density at radius 2 is 2.00 bits per heavy atom. The molecule has 1 aromatic carbocycles. The van der Waals surface area contributed by atoms with E-state index < -0.39 is 5.79 Å². The average Bonchev–Trinajstić information content (AvgIpc) is 2.21. The number of hydrogen-bond donors (Lipinski definition) is 0. The Balaban J connectivity index is 1.92. The second-order valence-electron chi connectivity index (χ2n) is 4.72. The summed E-state index contributed by atoms with van der Waals surface area (Å²) in [5, 5.41) is 0. The van der Waals surface area contributed by atoms with Crippen LogP contribution in [0.5, 0.6) is 0 Å². The number of rotatable bonds is 2. The Hall–Kier alpha value is -0.380. The Kier molecular flexibility index (Phi) is 3.67. The van der Waals surface area contributed by atoms with Gasteiger partial charge in [-0.05, 0) is 38.0 Å². The zero-order valence-electron chi connectivity index (χ0n) is 9.70. The van der Waals surface area contributed by atoms with Gasteiger partial charge in [0.1, 0.15) is 0 Å². The lowest BCUT2D eigenvalue weighted by Crippen LogP contribution is -2.39. The van der Waals surface area contributed by atoms with Crippen LogP contribution in [0.4, 0.5) is 0 Å². The first-order chi connectivity index (χ1) is 7.55. The lowest BCUT2D eigenvalue weighted by Gasteiger charge is -2.35. The molecular weight excluding hydrogens is 268 g/mol. The maximum Gasteiger partial charge on any atom is 0.162 e. The molecule has 1 saturated heterocycles. The first kappa shape index (κ1) is 12.1. The minimum atomic E-state index is -0.409. The molecule has 1 aliphatic heterocycles. The molecule has 0 unspecified atom stereocenters. The predicted octanol–water partition coefficient (Wildman–Crippen LogP) is 3.39. The van der Waals surface area contributed by atoms with Crippen LogP contribution in [0.1, 0.15) is 19.4 Å². The summed E-state index contributed by atoms with van der Waals surface area (Å²) in [6.07, 6.45) is 1.01. The van der Waals surface area contributed by atoms with E-state index in [4.69, 9.17) is 9.47 Å². The van der Waals surface area contributed by atoms with Crippen LogP contribution in [0, 0.1) is 5.92 Å². The highest BCUT2D eigenvalue weighted by Crippen LogP contribution is 2.23. The Labute approximate surface area is 105 Å². The Morgan fingerprint density at radius 1 is 1.31 bits per heavy atom. The summed E-state index contributed by atoms with van der Waals surface area (Å²) >= 11 is 3.48. The highest BCUT2D eigenvalue weighted by atomic mass is 79.9. The van der Waals surface area contributed by atoms with Gasteiger partial charge >= 0.3 is 0 Å². The second-order valence-corrected chi connectivity index (χ2v) is 5.64. The van der Waals surface area contributed by atoms with Crippen molar-refractivity contribution < 1.29 is 9.47 Å². The topological polar surface area (TPSA) is 18.5 Å². The van der Waals surface area contributed by atoms with Gasteiger partial charge in [-0.25, -0.2) is 0 Å². The highest BCUT2D eigenvalue weighted by Gasteiger charge is 2.28. The molecule has 2 rings (SSSR count). The van der Waals surface area contributed by atoms with Crippen LogP contribution >= 0.6 is 15.9 Å². The molecule has 0 bridgehead atoms. The lowest BCUT2D eigenvalue weighted by atomic mass is 10.00. The van der Waals surface area contributed by atoms with Gasteiger partial charge in [0.25, 0.3) is 0 Å². The fourth-order valence-corrected chi connectivity index (χ4v) is 2.29. The molecule has 0 N–H and O–H groups in total. The molecular formula is C13H17BrO2. The van der Waals surface area contributed by atoms with E-state index >= 15 is 0 Å². The number of hydrogen-bond acceptors (Lipinski definition) is 2. The van der Waals surface area contributed by atoms with Crippen LogP contribution in [-0.2, 0) is 15.9 Å². The van der Waals surface area contributed by atoms with Crippen molar-refractivity contribution >= 4 is 15.9 Å². The van der Waals surface area contributed by atoms with Crippen molar-refractivity contribution in [2.75, 3.05) is 13.2 Å². The van der Waals surface area contributed by atoms with Crippen molar-refractivity contribution in [1.29, 1.82) is 0 Å². The van der Waals surface area contributed by atoms with E-state index in [1.54, 1.807) is 0 Å². The van der Waals surface area contributed by atoms with Crippen LogP contribution in [-0.4, -0.2) is 19.0 Å². The molecule has 0 amide bonds. The molecule has 88 valence electrons. The van der Waals surface area contributed by atoms with Gasteiger partial charge in [0.2, 0.25) is 0 Å². The molecule has 1 heterocycles. The monoisotopic (exact) mass is 284 g/mol. The summed E-state index contributed by atoms with van der Waals surface area (Å²) in [6, 6.07) is 8.40. The normalized spacial score (nSPS) is 20.9. The first-order valence-electron chi connectivity index (χ1n) is 5.57. The average molecular weight is 285 g/mol. The largest absolute Gasteiger partial charge is 0.350 e. The minimum absolute atomic E-state index is 0.409. The zero-order chi connectivity index (χ0) is 11.6. The van der Waals surface area contributed by atoms with Crippen LogP contribution in [0.15, 0.2) is 28.7 Å². The molecule has 0 radical (unpaired) electrons. The standard InChI is InChI=1S/C13H17BrO2/c1-13(2)15-8-11(9-16-13)6-10-4-3-5-12(14)7-10/h3-5,7,11H,6,8-9H2,1-2H3. The third kappa shape index (κ3) is 3.30. The third-order valence-corrected chi connectivity index (χ3v) is 3.24. The van der Waals surface area contributed by atoms with E-state index in [1.807, 2.05) is 19.9 Å². The van der Waals surface area contributed by atoms with Gasteiger partial charge in [-0.1, -0.05) is 28.1 Å². The molecule has 1 fully saturated rings. The Morgan fingerprint density at radius 3 is 2.62 bits per heavy atom. The molecule has 2 nitrogen and oxygen atoms in total. The fraction of sp³-hybridized carbons (Fsp3) is 0.538. The lowest BCUT2D eigenvalue weighted by molar-refractivity contribution is -0.261. The van der Waals surface area contributed by atoms with Gasteiger partial charge in [0, 0.05) is 10.4 Å². The molecule has 0 aromatic heterocycles. The third-order valence-electron chi connectivity index (χ3n) is 2.75. The summed E-state index contributed by atoms with van der Waals surface area (Å²) < 4.78 is 12.4. The number of ether oxygens (including phenoxy) is 2. The van der Waals surface area contributed by atoms with E-state index in [1.165, 1.54) is 5.56 Å². The van der Waals surface area contributed by atoms with Gasteiger partial charge < -0.3 is 9.47 Å². The van der Waals surface area contributed by atoms with Gasteiger partial charge in [-0.2, -0.15) is 0 Å². The molecule has 0 atom stereocenters. The molecule has 0 spiro atoms. The first-order valence-corrected chi connectivity index (χ1v) is 6.37. The minimum Gasteiger partial charge on any atom is -0.350 e. The summed E-state index contributed by atoms with van der Waals surface area (Å²) in [5.41, 5.74) is 1.33. The van der Waals surface area contributed by atoms with Gasteiger partial charge in [-0.15, -0.1) is 0 Å². The zero-order valence-corrected chi connectivity index (χ0v) is 11.3. The van der Waals surface area contributed by atoms with Crippen LogP contribution in [0.2, 0.25) is 0 Å². The maximum atomic E-state index is 5.65. The number of benzene rings is 1. The molecule has 16 heavy (non-hydrogen) atoms.